The summed E-state index contributed by atoms with van der Waals surface area (Å²) >= 11 is 6.08. The molecule has 40 heavy (non-hydrogen) atoms. The topological polar surface area (TPSA) is 90.7 Å². The number of halogens is 1. The molecule has 2 atom stereocenters. The number of nitrogens with zero attached hydrogens (tertiary/aromatic N) is 4. The highest BCUT2D eigenvalue weighted by Crippen LogP contribution is 2.37. The summed E-state index contributed by atoms with van der Waals surface area (Å²) in [5.74, 6) is -0.117. The summed E-state index contributed by atoms with van der Waals surface area (Å²) in [5.41, 5.74) is 3.40. The molecule has 3 aliphatic rings. The standard InChI is InChI=1S/C31H44ClN5O3/c1-4-5-17-36-29(39)27(28(38)23-9-7-6-8-10-23)33-30(40)31(36)15-18-35(19-16-31)20-26-21(2)34-37(22(26)3)25-13-11-24(32)12-14-25/h11-14,23,27-28,38H,4-10,15-20H2,1-3H3,(H,33,40). The quantitative estimate of drug-likeness (QED) is 0.487. The minimum absolute atomic E-state index is 0.0761. The van der Waals surface area contributed by atoms with Crippen LogP contribution in [0.25, 0.3) is 5.69 Å². The van der Waals surface area contributed by atoms with Crippen molar-refractivity contribution in [2.24, 2.45) is 5.92 Å². The summed E-state index contributed by atoms with van der Waals surface area (Å²) in [4.78, 5) is 31.9. The molecule has 0 radical (unpaired) electrons. The number of nitrogens with one attached hydrogen (secondary N) is 1. The van der Waals surface area contributed by atoms with E-state index in [0.29, 0.717) is 37.5 Å². The van der Waals surface area contributed by atoms with Gasteiger partial charge in [0.2, 0.25) is 11.8 Å². The Labute approximate surface area is 243 Å². The molecule has 1 aliphatic carbocycles. The van der Waals surface area contributed by atoms with Gasteiger partial charge in [-0.1, -0.05) is 44.2 Å². The fourth-order valence-corrected chi connectivity index (χ4v) is 7.12. The molecule has 9 heteroatoms. The molecule has 8 nitrogen and oxygen atoms in total. The zero-order chi connectivity index (χ0) is 28.4. The minimum Gasteiger partial charge on any atom is -0.390 e. The second-order valence-corrected chi connectivity index (χ2v) is 12.5. The lowest BCUT2D eigenvalue weighted by Crippen LogP contribution is -2.75. The first-order valence-corrected chi connectivity index (χ1v) is 15.5. The first kappa shape index (κ1) is 29.1. The van der Waals surface area contributed by atoms with Crippen LogP contribution < -0.4 is 5.32 Å². The van der Waals surface area contributed by atoms with Gasteiger partial charge < -0.3 is 15.3 Å². The summed E-state index contributed by atoms with van der Waals surface area (Å²) in [5, 5.41) is 19.7. The van der Waals surface area contributed by atoms with Gasteiger partial charge in [-0.25, -0.2) is 4.68 Å². The number of likely N-dealkylation sites (tertiary alicyclic amines) is 1. The van der Waals surface area contributed by atoms with E-state index < -0.39 is 17.7 Å². The van der Waals surface area contributed by atoms with Crippen LogP contribution in [-0.4, -0.2) is 73.8 Å². The largest absolute Gasteiger partial charge is 0.390 e. The van der Waals surface area contributed by atoms with Gasteiger partial charge in [-0.15, -0.1) is 0 Å². The smallest absolute Gasteiger partial charge is 0.248 e. The van der Waals surface area contributed by atoms with E-state index in [1.165, 1.54) is 12.0 Å². The Morgan fingerprint density at radius 1 is 1.10 bits per heavy atom. The SMILES string of the molecule is CCCCN1C(=O)C(C(O)C2CCCCC2)NC(=O)C12CCN(Cc1c(C)nn(-c3ccc(Cl)cc3)c1C)CC2. The van der Waals surface area contributed by atoms with Crippen molar-refractivity contribution >= 4 is 23.4 Å². The predicted octanol–water partition coefficient (Wildman–Crippen LogP) is 4.55. The molecule has 2 aliphatic heterocycles. The van der Waals surface area contributed by atoms with Crippen molar-refractivity contribution in [2.75, 3.05) is 19.6 Å². The Balaban J connectivity index is 1.30. The van der Waals surface area contributed by atoms with Gasteiger partial charge in [0.15, 0.2) is 0 Å². The summed E-state index contributed by atoms with van der Waals surface area (Å²) in [7, 11) is 0. The second-order valence-electron chi connectivity index (χ2n) is 12.0. The van der Waals surface area contributed by atoms with Crippen LogP contribution in [0.2, 0.25) is 5.02 Å². The lowest BCUT2D eigenvalue weighted by Gasteiger charge is -2.52. The van der Waals surface area contributed by atoms with Gasteiger partial charge in [0.25, 0.3) is 0 Å². The molecule has 3 fully saturated rings. The van der Waals surface area contributed by atoms with E-state index in [0.717, 1.165) is 62.1 Å². The minimum atomic E-state index is -0.844. The third-order valence-corrected chi connectivity index (χ3v) is 9.80. The van der Waals surface area contributed by atoms with E-state index in [4.69, 9.17) is 16.7 Å². The zero-order valence-electron chi connectivity index (χ0n) is 24.2. The highest BCUT2D eigenvalue weighted by molar-refractivity contribution is 6.30. The Morgan fingerprint density at radius 3 is 2.42 bits per heavy atom. The number of aryl methyl sites for hydroxylation is 1. The van der Waals surface area contributed by atoms with Gasteiger partial charge in [-0.2, -0.15) is 5.10 Å². The van der Waals surface area contributed by atoms with Crippen molar-refractivity contribution in [3.05, 3.63) is 46.2 Å². The number of hydrogen-bond donors (Lipinski definition) is 2. The third kappa shape index (κ3) is 5.55. The number of carbonyl (C=O) groups is 2. The molecule has 1 aromatic heterocycles. The second kappa shape index (κ2) is 12.2. The fraction of sp³-hybridized carbons (Fsp3) is 0.645. The van der Waals surface area contributed by atoms with Crippen LogP contribution in [0.3, 0.4) is 0 Å². The first-order chi connectivity index (χ1) is 19.2. The average molecular weight is 570 g/mol. The normalized spacial score (nSPS) is 23.0. The number of amides is 2. The van der Waals surface area contributed by atoms with Crippen molar-refractivity contribution in [3.8, 4) is 5.69 Å². The van der Waals surface area contributed by atoms with Crippen LogP contribution in [0, 0.1) is 19.8 Å². The van der Waals surface area contributed by atoms with Gasteiger partial charge >= 0.3 is 0 Å². The highest BCUT2D eigenvalue weighted by Gasteiger charge is 2.55. The average Bonchev–Trinajstić information content (AvgIpc) is 3.25. The van der Waals surface area contributed by atoms with Crippen molar-refractivity contribution in [1.29, 1.82) is 0 Å². The van der Waals surface area contributed by atoms with Crippen LogP contribution >= 0.6 is 11.6 Å². The van der Waals surface area contributed by atoms with Crippen molar-refractivity contribution in [2.45, 2.75) is 103 Å². The van der Waals surface area contributed by atoms with Crippen molar-refractivity contribution in [1.82, 2.24) is 24.9 Å². The molecular formula is C31H44ClN5O3. The molecule has 3 heterocycles. The van der Waals surface area contributed by atoms with E-state index >= 15 is 0 Å². The van der Waals surface area contributed by atoms with Crippen LogP contribution in [0.4, 0.5) is 0 Å². The summed E-state index contributed by atoms with van der Waals surface area (Å²) in [6.45, 7) is 8.96. The van der Waals surface area contributed by atoms with Crippen LogP contribution in [0.1, 0.15) is 81.7 Å². The third-order valence-electron chi connectivity index (χ3n) is 9.54. The molecule has 2 saturated heterocycles. The van der Waals surface area contributed by atoms with E-state index in [-0.39, 0.29) is 17.7 Å². The van der Waals surface area contributed by atoms with Crippen LogP contribution in [0.15, 0.2) is 24.3 Å². The van der Waals surface area contributed by atoms with E-state index in [9.17, 15) is 14.7 Å². The van der Waals surface area contributed by atoms with Gasteiger partial charge in [0.1, 0.15) is 11.6 Å². The molecule has 5 rings (SSSR count). The maximum absolute atomic E-state index is 13.9. The summed E-state index contributed by atoms with van der Waals surface area (Å²) in [6, 6.07) is 6.85. The number of hydrogen-bond acceptors (Lipinski definition) is 5. The van der Waals surface area contributed by atoms with Crippen molar-refractivity contribution in [3.63, 3.8) is 0 Å². The number of aliphatic hydroxyl groups is 1. The molecule has 1 saturated carbocycles. The monoisotopic (exact) mass is 569 g/mol. The first-order valence-electron chi connectivity index (χ1n) is 15.1. The molecular weight excluding hydrogens is 526 g/mol. The molecule has 0 bridgehead atoms. The van der Waals surface area contributed by atoms with Crippen molar-refractivity contribution < 1.29 is 14.7 Å². The van der Waals surface area contributed by atoms with Gasteiger partial charge in [0, 0.05) is 42.5 Å². The van der Waals surface area contributed by atoms with Gasteiger partial charge in [-0.05, 0) is 76.1 Å². The number of piperazine rings is 1. The summed E-state index contributed by atoms with van der Waals surface area (Å²) < 4.78 is 1.96. The fourth-order valence-electron chi connectivity index (χ4n) is 7.00. The van der Waals surface area contributed by atoms with Gasteiger partial charge in [0.05, 0.1) is 17.5 Å². The van der Waals surface area contributed by atoms with E-state index in [1.54, 1.807) is 0 Å². The number of rotatable bonds is 8. The number of benzene rings is 1. The Hall–Kier alpha value is -2.42. The Morgan fingerprint density at radius 2 is 1.77 bits per heavy atom. The van der Waals surface area contributed by atoms with E-state index in [2.05, 4.69) is 24.1 Å². The number of aliphatic hydroxyl groups excluding tert-OH is 1. The maximum atomic E-state index is 13.9. The molecule has 2 amide bonds. The molecule has 2 aromatic rings. The molecule has 218 valence electrons. The molecule has 1 spiro atoms. The number of carbonyl (C=O) groups excluding carboxylic acids is 2. The lowest BCUT2D eigenvalue weighted by molar-refractivity contribution is -0.166. The number of aromatic nitrogens is 2. The van der Waals surface area contributed by atoms with E-state index in [1.807, 2.05) is 40.8 Å². The number of piperidine rings is 1. The molecule has 1 aromatic carbocycles. The van der Waals surface area contributed by atoms with Crippen LogP contribution in [-0.2, 0) is 16.1 Å². The number of unbranched alkanes of at least 4 members (excludes halogenated alkanes) is 1. The highest BCUT2D eigenvalue weighted by atomic mass is 35.5. The van der Waals surface area contributed by atoms with Gasteiger partial charge in [-0.3, -0.25) is 14.5 Å². The predicted molar refractivity (Wildman–Crippen MR) is 156 cm³/mol. The summed E-state index contributed by atoms with van der Waals surface area (Å²) in [6.07, 6.45) is 7.32. The van der Waals surface area contributed by atoms with Crippen LogP contribution in [0.5, 0.6) is 0 Å². The molecule has 2 unspecified atom stereocenters. The maximum Gasteiger partial charge on any atom is 0.248 e. The zero-order valence-corrected chi connectivity index (χ0v) is 24.9. The Kier molecular flexibility index (Phi) is 8.88. The molecule has 2 N–H and O–H groups in total. The Bertz CT molecular complexity index is 1200. The lowest BCUT2D eigenvalue weighted by atomic mass is 9.78.